The number of phenolic OH excluding ortho intramolecular Hbond substituents is 1. The number of hydrogen-bond acceptors (Lipinski definition) is 5. The van der Waals surface area contributed by atoms with Crippen molar-refractivity contribution >= 4 is 10.4 Å². The second-order valence-electron chi connectivity index (χ2n) is 6.04. The second kappa shape index (κ2) is 10.6. The summed E-state index contributed by atoms with van der Waals surface area (Å²) in [6.45, 7) is 3.34. The molecule has 0 aliphatic heterocycles. The van der Waals surface area contributed by atoms with Crippen LogP contribution in [0.25, 0.3) is 0 Å². The minimum atomic E-state index is -4.08. The van der Waals surface area contributed by atoms with Crippen LogP contribution in [-0.2, 0) is 18.8 Å². The maximum absolute atomic E-state index is 12.0. The molecule has 0 saturated carbocycles. The van der Waals surface area contributed by atoms with E-state index in [9.17, 15) is 8.42 Å². The smallest absolute Gasteiger partial charge is 0.401 e. The van der Waals surface area contributed by atoms with Crippen molar-refractivity contribution in [1.82, 2.24) is 0 Å². The van der Waals surface area contributed by atoms with Gasteiger partial charge < -0.3 is 5.11 Å². The first-order valence-electron chi connectivity index (χ1n) is 8.83. The van der Waals surface area contributed by atoms with Crippen LogP contribution in [-0.4, -0.2) is 13.5 Å². The maximum atomic E-state index is 12.0. The van der Waals surface area contributed by atoms with Gasteiger partial charge in [0.15, 0.2) is 0 Å². The Morgan fingerprint density at radius 2 is 0.964 bits per heavy atom. The SMILES string of the molecule is CC(OS(=O)(=O)OC(C)c1ccccc1)c1ccccc1.Oc1ccccc1. The van der Waals surface area contributed by atoms with Gasteiger partial charge in [-0.25, -0.2) is 8.37 Å². The number of phenols is 1. The van der Waals surface area contributed by atoms with Crippen LogP contribution in [0.15, 0.2) is 91.0 Å². The van der Waals surface area contributed by atoms with E-state index >= 15 is 0 Å². The third kappa shape index (κ3) is 7.52. The first-order valence-corrected chi connectivity index (χ1v) is 10.2. The molecule has 3 aromatic rings. The molecule has 1 N–H and O–H groups in total. The lowest BCUT2D eigenvalue weighted by atomic mass is 10.1. The van der Waals surface area contributed by atoms with E-state index in [1.807, 2.05) is 42.5 Å². The first kappa shape index (κ1) is 21.6. The van der Waals surface area contributed by atoms with Gasteiger partial charge in [0, 0.05) is 0 Å². The second-order valence-corrected chi connectivity index (χ2v) is 7.24. The summed E-state index contributed by atoms with van der Waals surface area (Å²) in [7, 11) is -4.08. The Kier molecular flexibility index (Phi) is 8.19. The summed E-state index contributed by atoms with van der Waals surface area (Å²) >= 11 is 0. The van der Waals surface area contributed by atoms with Gasteiger partial charge in [-0.15, -0.1) is 0 Å². The van der Waals surface area contributed by atoms with E-state index in [0.29, 0.717) is 5.75 Å². The lowest BCUT2D eigenvalue weighted by Crippen LogP contribution is -2.15. The molecule has 148 valence electrons. The first-order chi connectivity index (χ1) is 13.4. The molecule has 2 unspecified atom stereocenters. The molecule has 0 aliphatic rings. The molecule has 0 aromatic heterocycles. The van der Waals surface area contributed by atoms with E-state index in [4.69, 9.17) is 13.5 Å². The minimum absolute atomic E-state index is 0.322. The van der Waals surface area contributed by atoms with Gasteiger partial charge >= 0.3 is 10.4 Å². The number of rotatable bonds is 6. The molecule has 2 atom stereocenters. The molecule has 3 rings (SSSR count). The number of benzene rings is 3. The van der Waals surface area contributed by atoms with Crippen molar-refractivity contribution in [2.75, 3.05) is 0 Å². The Morgan fingerprint density at radius 1 is 0.643 bits per heavy atom. The van der Waals surface area contributed by atoms with Crippen molar-refractivity contribution in [2.24, 2.45) is 0 Å². The van der Waals surface area contributed by atoms with Crippen molar-refractivity contribution < 1.29 is 21.9 Å². The molecule has 0 amide bonds. The highest BCUT2D eigenvalue weighted by atomic mass is 32.3. The molecule has 6 heteroatoms. The number of aromatic hydroxyl groups is 1. The van der Waals surface area contributed by atoms with Gasteiger partial charge in [-0.3, -0.25) is 0 Å². The zero-order chi connectivity index (χ0) is 20.4. The molecule has 0 heterocycles. The molecular formula is C22H24O5S. The van der Waals surface area contributed by atoms with Crippen LogP contribution in [0.2, 0.25) is 0 Å². The summed E-state index contributed by atoms with van der Waals surface area (Å²) in [5.74, 6) is 0.322. The minimum Gasteiger partial charge on any atom is -0.508 e. The molecule has 5 nitrogen and oxygen atoms in total. The lowest BCUT2D eigenvalue weighted by molar-refractivity contribution is 0.139. The van der Waals surface area contributed by atoms with Crippen molar-refractivity contribution in [3.63, 3.8) is 0 Å². The van der Waals surface area contributed by atoms with Crippen molar-refractivity contribution in [3.8, 4) is 5.75 Å². The van der Waals surface area contributed by atoms with Crippen LogP contribution in [0.4, 0.5) is 0 Å². The molecule has 0 bridgehead atoms. The van der Waals surface area contributed by atoms with E-state index < -0.39 is 22.6 Å². The number of hydrogen-bond donors (Lipinski definition) is 1. The van der Waals surface area contributed by atoms with Crippen LogP contribution in [0.3, 0.4) is 0 Å². The fraction of sp³-hybridized carbons (Fsp3) is 0.182. The zero-order valence-corrected chi connectivity index (χ0v) is 16.6. The molecule has 0 fully saturated rings. The topological polar surface area (TPSA) is 72.8 Å². The van der Waals surface area contributed by atoms with Gasteiger partial charge in [0.05, 0.1) is 0 Å². The van der Waals surface area contributed by atoms with Gasteiger partial charge in [0.2, 0.25) is 0 Å². The van der Waals surface area contributed by atoms with Crippen LogP contribution < -0.4 is 0 Å². The Balaban J connectivity index is 0.000000336. The van der Waals surface area contributed by atoms with E-state index in [2.05, 4.69) is 0 Å². The summed E-state index contributed by atoms with van der Waals surface area (Å²) in [4.78, 5) is 0. The van der Waals surface area contributed by atoms with Gasteiger partial charge in [-0.2, -0.15) is 8.42 Å². The Hall–Kier alpha value is -2.67. The zero-order valence-electron chi connectivity index (χ0n) is 15.8. The standard InChI is InChI=1S/C16H18O4S.C6H6O/c1-13(15-9-5-3-6-10-15)19-21(17,18)20-14(2)16-11-7-4-8-12-16;7-6-4-2-1-3-5-6/h3-14H,1-2H3;1-5,7H. The van der Waals surface area contributed by atoms with Crippen LogP contribution in [0.1, 0.15) is 37.2 Å². The summed E-state index contributed by atoms with van der Waals surface area (Å²) in [6.07, 6.45) is -1.20. The highest BCUT2D eigenvalue weighted by Gasteiger charge is 2.22. The monoisotopic (exact) mass is 400 g/mol. The Bertz CT molecular complexity index is 859. The molecule has 0 radical (unpaired) electrons. The quantitative estimate of drug-likeness (QED) is 0.617. The average Bonchev–Trinajstić information content (AvgIpc) is 2.69. The normalized spacial score (nSPS) is 13.1. The fourth-order valence-electron chi connectivity index (χ4n) is 2.36. The molecule has 28 heavy (non-hydrogen) atoms. The van der Waals surface area contributed by atoms with E-state index in [1.54, 1.807) is 62.4 Å². The molecule has 3 aromatic carbocycles. The summed E-state index contributed by atoms with van der Waals surface area (Å²) in [5, 5.41) is 8.63. The Labute approximate surface area is 166 Å². The van der Waals surface area contributed by atoms with Gasteiger partial charge in [-0.1, -0.05) is 78.9 Å². The van der Waals surface area contributed by atoms with E-state index in [1.165, 1.54) is 0 Å². The van der Waals surface area contributed by atoms with Crippen molar-refractivity contribution in [3.05, 3.63) is 102 Å². The van der Waals surface area contributed by atoms with Crippen LogP contribution in [0.5, 0.6) is 5.75 Å². The summed E-state index contributed by atoms with van der Waals surface area (Å²) < 4.78 is 34.0. The average molecular weight is 400 g/mol. The summed E-state index contributed by atoms with van der Waals surface area (Å²) in [6, 6.07) is 27.0. The van der Waals surface area contributed by atoms with E-state index in [-0.39, 0.29) is 0 Å². The highest BCUT2D eigenvalue weighted by molar-refractivity contribution is 7.81. The molecule has 0 saturated heterocycles. The van der Waals surface area contributed by atoms with Crippen LogP contribution in [0, 0.1) is 0 Å². The third-order valence-corrected chi connectivity index (χ3v) is 4.87. The molecule has 0 aliphatic carbocycles. The van der Waals surface area contributed by atoms with Gasteiger partial charge in [0.25, 0.3) is 0 Å². The molecular weight excluding hydrogens is 376 g/mol. The van der Waals surface area contributed by atoms with Crippen LogP contribution >= 0.6 is 0 Å². The van der Waals surface area contributed by atoms with Gasteiger partial charge in [0.1, 0.15) is 18.0 Å². The summed E-state index contributed by atoms with van der Waals surface area (Å²) in [5.41, 5.74) is 1.55. The van der Waals surface area contributed by atoms with E-state index in [0.717, 1.165) is 11.1 Å². The van der Waals surface area contributed by atoms with Crippen molar-refractivity contribution in [1.29, 1.82) is 0 Å². The Morgan fingerprint density at radius 3 is 1.25 bits per heavy atom. The predicted octanol–water partition coefficient (Wildman–Crippen LogP) is 5.18. The number of para-hydroxylation sites is 1. The molecule has 0 spiro atoms. The largest absolute Gasteiger partial charge is 0.508 e. The maximum Gasteiger partial charge on any atom is 0.401 e. The third-order valence-electron chi connectivity index (χ3n) is 3.82. The highest BCUT2D eigenvalue weighted by Crippen LogP contribution is 2.24. The lowest BCUT2D eigenvalue weighted by Gasteiger charge is -2.16. The fourth-order valence-corrected chi connectivity index (χ4v) is 3.34. The van der Waals surface area contributed by atoms with Gasteiger partial charge in [-0.05, 0) is 37.1 Å². The predicted molar refractivity (Wildman–Crippen MR) is 109 cm³/mol. The van der Waals surface area contributed by atoms with Crippen molar-refractivity contribution in [2.45, 2.75) is 26.1 Å².